The van der Waals surface area contributed by atoms with Crippen LogP contribution in [0.5, 0.6) is 0 Å². The molecule has 7 heteroatoms. The Bertz CT molecular complexity index is 2590. The van der Waals surface area contributed by atoms with Crippen LogP contribution in [0.1, 0.15) is 16.7 Å². The summed E-state index contributed by atoms with van der Waals surface area (Å²) in [6, 6.07) is 55.3. The van der Waals surface area contributed by atoms with Crippen LogP contribution in [0.25, 0.3) is 41.6 Å². The maximum absolute atomic E-state index is 5.35. The molecule has 1 aliphatic heterocycles. The van der Waals surface area contributed by atoms with E-state index in [9.17, 15) is 0 Å². The van der Waals surface area contributed by atoms with Gasteiger partial charge >= 0.3 is 0 Å². The predicted molar refractivity (Wildman–Crippen MR) is 234 cm³/mol. The summed E-state index contributed by atoms with van der Waals surface area (Å²) >= 11 is 7.19. The minimum Gasteiger partial charge on any atom is -0.305 e. The molecule has 262 valence electrons. The van der Waals surface area contributed by atoms with Crippen LogP contribution in [0, 0.1) is 20.8 Å². The Hall–Kier alpha value is -5.18. The molecule has 0 spiro atoms. The van der Waals surface area contributed by atoms with Gasteiger partial charge < -0.3 is 4.90 Å². The number of nitrogens with zero attached hydrogens (tertiary/aromatic N) is 3. The smallest absolute Gasteiger partial charge is 0.124 e. The van der Waals surface area contributed by atoms with Crippen molar-refractivity contribution in [2.75, 3.05) is 4.90 Å². The molecule has 0 unspecified atom stereocenters. The molecule has 1 aliphatic rings. The van der Waals surface area contributed by atoms with Crippen LogP contribution in [0.2, 0.25) is 0 Å². The summed E-state index contributed by atoms with van der Waals surface area (Å²) in [6.45, 7) is 6.51. The number of hydrogen-bond donors (Lipinski definition) is 0. The van der Waals surface area contributed by atoms with Gasteiger partial charge in [0.25, 0.3) is 0 Å². The number of para-hydroxylation sites is 2. The minimum absolute atomic E-state index is 1.03. The molecule has 0 fully saturated rings. The molecule has 3 nitrogen and oxygen atoms in total. The summed E-state index contributed by atoms with van der Waals surface area (Å²) in [4.78, 5) is 18.2. The Labute approximate surface area is 332 Å². The Morgan fingerprint density at radius 3 is 1.44 bits per heavy atom. The van der Waals surface area contributed by atoms with Gasteiger partial charge in [-0.3, -0.25) is 0 Å². The van der Waals surface area contributed by atoms with E-state index in [1.165, 1.54) is 57.0 Å². The Morgan fingerprint density at radius 2 is 0.907 bits per heavy atom. The Kier molecular flexibility index (Phi) is 9.55. The fraction of sp³-hybridized carbons (Fsp3) is 0.0638. The second-order valence-corrected chi connectivity index (χ2v) is 17.3. The van der Waals surface area contributed by atoms with Crippen LogP contribution in [-0.2, 0) is 0 Å². The summed E-state index contributed by atoms with van der Waals surface area (Å²) in [7, 11) is 0. The number of benzene rings is 7. The molecular weight excluding hydrogens is 735 g/mol. The van der Waals surface area contributed by atoms with E-state index in [-0.39, 0.29) is 0 Å². The molecule has 0 aliphatic carbocycles. The summed E-state index contributed by atoms with van der Waals surface area (Å²) in [5.74, 6) is 0. The Morgan fingerprint density at radius 1 is 0.463 bits per heavy atom. The van der Waals surface area contributed by atoms with E-state index in [0.717, 1.165) is 37.9 Å². The molecular formula is C47H35N3S4. The van der Waals surface area contributed by atoms with Crippen molar-refractivity contribution < 1.29 is 0 Å². The molecule has 0 atom stereocenters. The van der Waals surface area contributed by atoms with E-state index in [1.54, 1.807) is 22.7 Å². The predicted octanol–water partition coefficient (Wildman–Crippen LogP) is 14.9. The number of fused-ring (bicyclic) bond motifs is 4. The van der Waals surface area contributed by atoms with Crippen LogP contribution in [0.4, 0.5) is 17.1 Å². The van der Waals surface area contributed by atoms with Crippen molar-refractivity contribution in [3.8, 4) is 21.1 Å². The molecule has 9 aromatic rings. The zero-order valence-corrected chi connectivity index (χ0v) is 33.3. The minimum atomic E-state index is 1.03. The molecule has 0 bridgehead atoms. The SMILES string of the molecule is Cc1c2nc(-c3ccccc3)sc2c(N2c3ccccc3Sc3ccccc32)c2nc(-c3ccccc3)sc12.Cc1ccccc1Sc1ccccc1C. The summed E-state index contributed by atoms with van der Waals surface area (Å²) < 4.78 is 2.36. The van der Waals surface area contributed by atoms with Gasteiger partial charge in [0.15, 0.2) is 0 Å². The lowest BCUT2D eigenvalue weighted by atomic mass is 10.1. The van der Waals surface area contributed by atoms with E-state index >= 15 is 0 Å². The zero-order valence-electron chi connectivity index (χ0n) is 30.0. The topological polar surface area (TPSA) is 29.0 Å². The normalized spacial score (nSPS) is 11.9. The van der Waals surface area contributed by atoms with E-state index in [2.05, 4.69) is 183 Å². The molecule has 0 N–H and O–H groups in total. The number of aromatic nitrogens is 2. The monoisotopic (exact) mass is 769 g/mol. The first-order chi connectivity index (χ1) is 26.5. The van der Waals surface area contributed by atoms with Gasteiger partial charge in [0.1, 0.15) is 15.5 Å². The van der Waals surface area contributed by atoms with E-state index in [1.807, 2.05) is 23.5 Å². The number of hydrogen-bond acceptors (Lipinski definition) is 7. The van der Waals surface area contributed by atoms with Crippen LogP contribution in [0.3, 0.4) is 0 Å². The van der Waals surface area contributed by atoms with E-state index in [4.69, 9.17) is 9.97 Å². The molecule has 10 rings (SSSR count). The van der Waals surface area contributed by atoms with Crippen LogP contribution < -0.4 is 4.90 Å². The average molecular weight is 770 g/mol. The fourth-order valence-corrected chi connectivity index (χ4v) is 11.0. The number of anilines is 3. The highest BCUT2D eigenvalue weighted by molar-refractivity contribution is 8.00. The lowest BCUT2D eigenvalue weighted by molar-refractivity contribution is 1.18. The van der Waals surface area contributed by atoms with Crippen molar-refractivity contribution in [3.05, 3.63) is 174 Å². The van der Waals surface area contributed by atoms with Gasteiger partial charge in [0.2, 0.25) is 0 Å². The second kappa shape index (κ2) is 14.9. The zero-order chi connectivity index (χ0) is 36.6. The lowest BCUT2D eigenvalue weighted by Crippen LogP contribution is -2.15. The van der Waals surface area contributed by atoms with Crippen molar-refractivity contribution in [2.24, 2.45) is 0 Å². The first-order valence-corrected chi connectivity index (χ1v) is 21.1. The lowest BCUT2D eigenvalue weighted by Gasteiger charge is -2.33. The van der Waals surface area contributed by atoms with Gasteiger partial charge in [-0.15, -0.1) is 22.7 Å². The summed E-state index contributed by atoms with van der Waals surface area (Å²) in [5, 5.41) is 2.06. The first kappa shape index (κ1) is 34.6. The molecule has 2 aromatic heterocycles. The van der Waals surface area contributed by atoms with Gasteiger partial charge in [0.05, 0.1) is 32.0 Å². The standard InChI is InChI=1S/C33H21N3S3.C14H14S/c1-20-27-31(39-32(34-27)21-12-4-2-5-13-21)29(28-30(20)38-33(35-28)22-14-6-3-7-15-22)36-23-16-8-10-18-25(23)37-26-19-11-9-17-24(26)36;1-11-7-3-5-9-13(11)15-14-10-6-4-8-12(14)2/h2-19H,1H3;3-10H,1-2H3. The molecule has 7 aromatic carbocycles. The fourth-order valence-electron chi connectivity index (χ4n) is 6.71. The maximum atomic E-state index is 5.35. The number of aryl methyl sites for hydroxylation is 3. The third-order valence-electron chi connectivity index (χ3n) is 9.49. The first-order valence-electron chi connectivity index (χ1n) is 17.8. The van der Waals surface area contributed by atoms with Gasteiger partial charge in [-0.1, -0.05) is 145 Å². The van der Waals surface area contributed by atoms with Crippen LogP contribution in [0.15, 0.2) is 177 Å². The molecule has 0 saturated carbocycles. The highest BCUT2D eigenvalue weighted by Gasteiger charge is 2.31. The molecule has 0 saturated heterocycles. The van der Waals surface area contributed by atoms with Crippen LogP contribution >= 0.6 is 46.2 Å². The van der Waals surface area contributed by atoms with E-state index < -0.39 is 0 Å². The highest BCUT2D eigenvalue weighted by Crippen LogP contribution is 2.56. The summed E-state index contributed by atoms with van der Waals surface area (Å²) in [5.41, 5.74) is 11.7. The van der Waals surface area contributed by atoms with Crippen molar-refractivity contribution >= 4 is 83.7 Å². The second-order valence-electron chi connectivity index (χ2n) is 13.1. The van der Waals surface area contributed by atoms with Gasteiger partial charge in [-0.2, -0.15) is 0 Å². The highest BCUT2D eigenvalue weighted by atomic mass is 32.2. The van der Waals surface area contributed by atoms with Crippen molar-refractivity contribution in [3.63, 3.8) is 0 Å². The maximum Gasteiger partial charge on any atom is 0.124 e. The number of thiazole rings is 2. The van der Waals surface area contributed by atoms with Gasteiger partial charge in [-0.05, 0) is 73.9 Å². The average Bonchev–Trinajstić information content (AvgIpc) is 3.87. The molecule has 54 heavy (non-hydrogen) atoms. The quantitative estimate of drug-likeness (QED) is 0.174. The molecule has 3 heterocycles. The Balaban J connectivity index is 0.000000216. The van der Waals surface area contributed by atoms with E-state index in [0.29, 0.717) is 0 Å². The summed E-state index contributed by atoms with van der Waals surface area (Å²) in [6.07, 6.45) is 0. The van der Waals surface area contributed by atoms with Gasteiger partial charge in [0, 0.05) is 30.7 Å². The third kappa shape index (κ3) is 6.52. The molecule has 0 radical (unpaired) electrons. The molecule has 0 amide bonds. The van der Waals surface area contributed by atoms with Crippen molar-refractivity contribution in [2.45, 2.75) is 40.4 Å². The van der Waals surface area contributed by atoms with Crippen molar-refractivity contribution in [1.29, 1.82) is 0 Å². The third-order valence-corrected chi connectivity index (χ3v) is 14.3. The largest absolute Gasteiger partial charge is 0.305 e. The van der Waals surface area contributed by atoms with Gasteiger partial charge in [-0.25, -0.2) is 9.97 Å². The van der Waals surface area contributed by atoms with Crippen molar-refractivity contribution in [1.82, 2.24) is 9.97 Å². The number of rotatable bonds is 5. The van der Waals surface area contributed by atoms with Crippen LogP contribution in [-0.4, -0.2) is 9.97 Å².